The third kappa shape index (κ3) is 3.13. The predicted octanol–water partition coefficient (Wildman–Crippen LogP) is 3.01. The van der Waals surface area contributed by atoms with Gasteiger partial charge < -0.3 is 22.1 Å². The van der Waals surface area contributed by atoms with Crippen LogP contribution in [0, 0.1) is 6.92 Å². The van der Waals surface area contributed by atoms with Gasteiger partial charge in [0.25, 0.3) is 0 Å². The van der Waals surface area contributed by atoms with E-state index in [1.165, 1.54) is 0 Å². The van der Waals surface area contributed by atoms with Gasteiger partial charge in [-0.2, -0.15) is 8.75 Å². The van der Waals surface area contributed by atoms with Crippen molar-refractivity contribution >= 4 is 46.3 Å². The van der Waals surface area contributed by atoms with E-state index in [4.69, 9.17) is 11.5 Å². The maximum atomic E-state index is 11.5. The van der Waals surface area contributed by atoms with Gasteiger partial charge in [0.15, 0.2) is 11.6 Å². The molecule has 0 aliphatic carbocycles. The van der Waals surface area contributed by atoms with Crippen molar-refractivity contribution in [2.45, 2.75) is 6.92 Å². The molecule has 8 heteroatoms. The number of nitrogen functional groups attached to an aromatic ring is 1. The number of hydrogen-bond donors (Lipinski definition) is 4. The lowest BCUT2D eigenvalue weighted by molar-refractivity contribution is 0.1000. The maximum Gasteiger partial charge on any atom is 0.249 e. The van der Waals surface area contributed by atoms with E-state index in [1.54, 1.807) is 18.2 Å². The van der Waals surface area contributed by atoms with Gasteiger partial charge >= 0.3 is 0 Å². The van der Waals surface area contributed by atoms with E-state index in [-0.39, 0.29) is 0 Å². The van der Waals surface area contributed by atoms with Gasteiger partial charge in [-0.15, -0.1) is 0 Å². The second-order valence-electron chi connectivity index (χ2n) is 5.14. The Hall–Kier alpha value is -3.13. The van der Waals surface area contributed by atoms with Gasteiger partial charge in [0, 0.05) is 11.3 Å². The predicted molar refractivity (Wildman–Crippen MR) is 97.0 cm³/mol. The molecule has 0 radical (unpaired) electrons. The van der Waals surface area contributed by atoms with E-state index in [0.29, 0.717) is 22.9 Å². The highest BCUT2D eigenvalue weighted by molar-refractivity contribution is 6.99. The van der Waals surface area contributed by atoms with Crippen LogP contribution in [0.2, 0.25) is 0 Å². The molecule has 0 fully saturated rings. The van der Waals surface area contributed by atoms with E-state index in [9.17, 15) is 4.79 Å². The van der Waals surface area contributed by atoms with Gasteiger partial charge in [-0.3, -0.25) is 4.79 Å². The highest BCUT2D eigenvalue weighted by Gasteiger charge is 2.13. The third-order valence-electron chi connectivity index (χ3n) is 3.55. The average molecular weight is 340 g/mol. The van der Waals surface area contributed by atoms with Crippen molar-refractivity contribution in [3.8, 4) is 0 Å². The zero-order chi connectivity index (χ0) is 17.1. The number of aromatic nitrogens is 2. The molecule has 1 heterocycles. The first kappa shape index (κ1) is 15.8. The highest BCUT2D eigenvalue weighted by atomic mass is 32.1. The van der Waals surface area contributed by atoms with E-state index in [1.807, 2.05) is 31.2 Å². The molecule has 0 aliphatic rings. The lowest BCUT2D eigenvalue weighted by Gasteiger charge is -2.12. The number of nitrogens with zero attached hydrogens (tertiary/aromatic N) is 2. The number of rotatable bonds is 5. The fourth-order valence-corrected chi connectivity index (χ4v) is 2.72. The van der Waals surface area contributed by atoms with Crippen molar-refractivity contribution in [1.29, 1.82) is 0 Å². The van der Waals surface area contributed by atoms with Crippen molar-refractivity contribution in [3.63, 3.8) is 0 Å². The molecule has 1 aromatic heterocycles. The fraction of sp³-hybridized carbons (Fsp3) is 0.0625. The maximum absolute atomic E-state index is 11.5. The summed E-state index contributed by atoms with van der Waals surface area (Å²) in [5.41, 5.74) is 14.6. The summed E-state index contributed by atoms with van der Waals surface area (Å²) in [5.74, 6) is 0.637. The molecular weight excluding hydrogens is 324 g/mol. The van der Waals surface area contributed by atoms with Crippen LogP contribution in [0.5, 0.6) is 0 Å². The normalized spacial score (nSPS) is 10.4. The van der Waals surface area contributed by atoms with E-state index >= 15 is 0 Å². The number of nitrogens with one attached hydrogen (secondary N) is 2. The number of amides is 1. The Morgan fingerprint density at radius 2 is 1.62 bits per heavy atom. The van der Waals surface area contributed by atoms with Crippen LogP contribution in [0.3, 0.4) is 0 Å². The number of nitrogens with two attached hydrogens (primary N) is 2. The van der Waals surface area contributed by atoms with Crippen molar-refractivity contribution < 1.29 is 4.79 Å². The number of hydrogen-bond acceptors (Lipinski definition) is 7. The Bertz CT molecular complexity index is 892. The SMILES string of the molecule is Cc1c(Nc2nsnc2Nc2ccccc2N)cccc1C(N)=O. The first-order valence-electron chi connectivity index (χ1n) is 7.17. The summed E-state index contributed by atoms with van der Waals surface area (Å²) >= 11 is 1.07. The van der Waals surface area contributed by atoms with Gasteiger partial charge in [-0.1, -0.05) is 18.2 Å². The standard InChI is InChI=1S/C16H16N6OS/c1-9-10(14(18)23)5-4-8-12(9)19-15-16(22-24-21-15)20-13-7-3-2-6-11(13)17/h2-8H,17H2,1H3,(H2,18,23)(H,19,21)(H,20,22). The molecule has 24 heavy (non-hydrogen) atoms. The minimum atomic E-state index is -0.469. The van der Waals surface area contributed by atoms with E-state index in [2.05, 4.69) is 19.4 Å². The van der Waals surface area contributed by atoms with Crippen LogP contribution in [0.1, 0.15) is 15.9 Å². The van der Waals surface area contributed by atoms with Crippen LogP contribution in [-0.2, 0) is 0 Å². The van der Waals surface area contributed by atoms with Crippen LogP contribution in [0.15, 0.2) is 42.5 Å². The summed E-state index contributed by atoms with van der Waals surface area (Å²) in [7, 11) is 0. The summed E-state index contributed by atoms with van der Waals surface area (Å²) in [6, 6.07) is 12.7. The minimum Gasteiger partial charge on any atom is -0.397 e. The summed E-state index contributed by atoms with van der Waals surface area (Å²) in [5, 5.41) is 6.34. The van der Waals surface area contributed by atoms with Gasteiger partial charge in [-0.05, 0) is 36.8 Å². The smallest absolute Gasteiger partial charge is 0.249 e. The highest BCUT2D eigenvalue weighted by Crippen LogP contribution is 2.30. The molecule has 0 aliphatic heterocycles. The molecule has 1 amide bonds. The number of anilines is 5. The Morgan fingerprint density at radius 1 is 1.00 bits per heavy atom. The van der Waals surface area contributed by atoms with Crippen molar-refractivity contribution in [1.82, 2.24) is 8.75 Å². The van der Waals surface area contributed by atoms with Gasteiger partial charge in [0.1, 0.15) is 0 Å². The molecule has 0 saturated carbocycles. The number of carbonyl (C=O) groups is 1. The Kier molecular flexibility index (Phi) is 4.30. The fourth-order valence-electron chi connectivity index (χ4n) is 2.26. The summed E-state index contributed by atoms with van der Waals surface area (Å²) < 4.78 is 8.50. The van der Waals surface area contributed by atoms with Gasteiger partial charge in [-0.25, -0.2) is 0 Å². The number of carbonyl (C=O) groups excluding carboxylic acids is 1. The largest absolute Gasteiger partial charge is 0.397 e. The minimum absolute atomic E-state index is 0.463. The molecule has 0 bridgehead atoms. The van der Waals surface area contributed by atoms with Crippen LogP contribution in [0.4, 0.5) is 28.7 Å². The molecule has 0 spiro atoms. The Morgan fingerprint density at radius 3 is 2.29 bits per heavy atom. The van der Waals surface area contributed by atoms with Crippen molar-refractivity contribution in [2.75, 3.05) is 16.4 Å². The Labute approximate surface area is 143 Å². The molecule has 3 aromatic rings. The van der Waals surface area contributed by atoms with Gasteiger partial charge in [0.05, 0.1) is 23.1 Å². The monoisotopic (exact) mass is 340 g/mol. The van der Waals surface area contributed by atoms with Crippen LogP contribution < -0.4 is 22.1 Å². The second kappa shape index (κ2) is 6.55. The molecule has 6 N–H and O–H groups in total. The average Bonchev–Trinajstić information content (AvgIpc) is 2.98. The van der Waals surface area contributed by atoms with E-state index in [0.717, 1.165) is 28.7 Å². The molecule has 3 rings (SSSR count). The van der Waals surface area contributed by atoms with Crippen molar-refractivity contribution in [2.24, 2.45) is 5.73 Å². The molecule has 2 aromatic carbocycles. The molecular formula is C16H16N6OS. The van der Waals surface area contributed by atoms with E-state index < -0.39 is 5.91 Å². The molecule has 0 atom stereocenters. The van der Waals surface area contributed by atoms with Crippen LogP contribution in [-0.4, -0.2) is 14.7 Å². The first-order valence-corrected chi connectivity index (χ1v) is 7.90. The summed E-state index contributed by atoms with van der Waals surface area (Å²) in [6.45, 7) is 1.82. The quantitative estimate of drug-likeness (QED) is 0.530. The zero-order valence-electron chi connectivity index (χ0n) is 12.9. The summed E-state index contributed by atoms with van der Waals surface area (Å²) in [6.07, 6.45) is 0. The lowest BCUT2D eigenvalue weighted by Crippen LogP contribution is -2.13. The molecule has 122 valence electrons. The Balaban J connectivity index is 1.88. The van der Waals surface area contributed by atoms with Crippen LogP contribution >= 0.6 is 11.7 Å². The second-order valence-corrected chi connectivity index (χ2v) is 5.67. The first-order chi connectivity index (χ1) is 11.6. The lowest BCUT2D eigenvalue weighted by atomic mass is 10.1. The number of benzene rings is 2. The van der Waals surface area contributed by atoms with Gasteiger partial charge in [0.2, 0.25) is 5.91 Å². The van der Waals surface area contributed by atoms with Crippen LogP contribution in [0.25, 0.3) is 0 Å². The molecule has 0 saturated heterocycles. The third-order valence-corrected chi connectivity index (χ3v) is 4.08. The number of primary amides is 1. The van der Waals surface area contributed by atoms with Crippen molar-refractivity contribution in [3.05, 3.63) is 53.6 Å². The molecule has 7 nitrogen and oxygen atoms in total. The zero-order valence-corrected chi connectivity index (χ0v) is 13.7. The molecule has 0 unspecified atom stereocenters. The number of para-hydroxylation sites is 2. The topological polar surface area (TPSA) is 119 Å². The summed E-state index contributed by atoms with van der Waals surface area (Å²) in [4.78, 5) is 11.5.